The van der Waals surface area contributed by atoms with E-state index in [4.69, 9.17) is 10.2 Å². The second kappa shape index (κ2) is 8.64. The number of likely N-dealkylation sites (N-methyl/N-ethyl adjacent to an activating group) is 1. The molecule has 21 heavy (non-hydrogen) atoms. The van der Waals surface area contributed by atoms with E-state index in [1.165, 1.54) is 37.6 Å². The number of rotatable bonds is 9. The van der Waals surface area contributed by atoms with Crippen molar-refractivity contribution >= 4 is 17.8 Å². The molecular weight excluding hydrogens is 274 g/mol. The summed E-state index contributed by atoms with van der Waals surface area (Å²) in [7, 11) is 1.44. The second-order valence-corrected chi connectivity index (χ2v) is 5.83. The van der Waals surface area contributed by atoms with Crippen molar-refractivity contribution in [2.24, 2.45) is 5.92 Å². The number of carbonyl (C=O) groups excluding carboxylic acids is 1. The third-order valence-corrected chi connectivity index (χ3v) is 4.26. The average Bonchev–Trinajstić information content (AvgIpc) is 2.91. The number of hydrogen-bond donors (Lipinski definition) is 2. The van der Waals surface area contributed by atoms with Gasteiger partial charge in [-0.3, -0.25) is 9.59 Å². The topological polar surface area (TPSA) is 94.9 Å². The maximum atomic E-state index is 12.0. The summed E-state index contributed by atoms with van der Waals surface area (Å²) in [6.45, 7) is 0. The maximum absolute atomic E-state index is 12.0. The van der Waals surface area contributed by atoms with Crippen molar-refractivity contribution in [1.29, 1.82) is 0 Å². The summed E-state index contributed by atoms with van der Waals surface area (Å²) in [4.78, 5) is 34.9. The van der Waals surface area contributed by atoms with Crippen LogP contribution in [0.1, 0.15) is 57.8 Å². The highest BCUT2D eigenvalue weighted by Gasteiger charge is 2.27. The Morgan fingerprint density at radius 2 is 1.76 bits per heavy atom. The van der Waals surface area contributed by atoms with Gasteiger partial charge in [0.05, 0.1) is 0 Å². The molecule has 2 N–H and O–H groups in total. The summed E-state index contributed by atoms with van der Waals surface area (Å²) in [5, 5.41) is 17.7. The van der Waals surface area contributed by atoms with E-state index in [2.05, 4.69) is 0 Å². The molecule has 6 heteroatoms. The van der Waals surface area contributed by atoms with E-state index >= 15 is 0 Å². The monoisotopic (exact) mass is 299 g/mol. The van der Waals surface area contributed by atoms with Crippen LogP contribution in [-0.4, -0.2) is 46.0 Å². The molecule has 1 aliphatic carbocycles. The fraction of sp³-hybridized carbons (Fsp3) is 0.800. The quantitative estimate of drug-likeness (QED) is 0.680. The van der Waals surface area contributed by atoms with E-state index in [0.29, 0.717) is 12.3 Å². The molecule has 0 heterocycles. The Morgan fingerprint density at radius 3 is 2.29 bits per heavy atom. The molecule has 0 aromatic carbocycles. The molecule has 1 atom stereocenters. The van der Waals surface area contributed by atoms with E-state index in [0.717, 1.165) is 12.8 Å². The first kappa shape index (κ1) is 17.5. The van der Waals surface area contributed by atoms with Crippen LogP contribution in [-0.2, 0) is 14.4 Å². The van der Waals surface area contributed by atoms with Crippen molar-refractivity contribution in [2.75, 3.05) is 7.05 Å². The minimum Gasteiger partial charge on any atom is -0.481 e. The van der Waals surface area contributed by atoms with Crippen LogP contribution < -0.4 is 0 Å². The SMILES string of the molecule is CN(C(=O)CCCC1CCCC1)C(CCC(=O)O)C(=O)O. The van der Waals surface area contributed by atoms with Crippen molar-refractivity contribution in [3.8, 4) is 0 Å². The number of aliphatic carboxylic acids is 2. The second-order valence-electron chi connectivity index (χ2n) is 5.83. The van der Waals surface area contributed by atoms with E-state index in [9.17, 15) is 14.4 Å². The molecule has 1 rings (SSSR count). The fourth-order valence-corrected chi connectivity index (χ4v) is 2.93. The van der Waals surface area contributed by atoms with E-state index in [-0.39, 0.29) is 18.7 Å². The van der Waals surface area contributed by atoms with Crippen molar-refractivity contribution in [1.82, 2.24) is 4.90 Å². The molecule has 0 radical (unpaired) electrons. The lowest BCUT2D eigenvalue weighted by molar-refractivity contribution is -0.150. The van der Waals surface area contributed by atoms with Crippen LogP contribution in [0.2, 0.25) is 0 Å². The first-order valence-electron chi connectivity index (χ1n) is 7.62. The van der Waals surface area contributed by atoms with Gasteiger partial charge in [0.25, 0.3) is 0 Å². The summed E-state index contributed by atoms with van der Waals surface area (Å²) in [6, 6.07) is -1.06. The van der Waals surface area contributed by atoms with Gasteiger partial charge in [-0.05, 0) is 25.2 Å². The highest BCUT2D eigenvalue weighted by Crippen LogP contribution is 2.29. The zero-order valence-electron chi connectivity index (χ0n) is 12.6. The van der Waals surface area contributed by atoms with Gasteiger partial charge >= 0.3 is 11.9 Å². The van der Waals surface area contributed by atoms with Crippen molar-refractivity contribution in [3.63, 3.8) is 0 Å². The molecule has 0 aromatic rings. The lowest BCUT2D eigenvalue weighted by Gasteiger charge is -2.24. The van der Waals surface area contributed by atoms with Gasteiger partial charge in [0, 0.05) is 19.9 Å². The van der Waals surface area contributed by atoms with Crippen LogP contribution in [0.5, 0.6) is 0 Å². The van der Waals surface area contributed by atoms with Crippen LogP contribution in [0.15, 0.2) is 0 Å². The van der Waals surface area contributed by atoms with Gasteiger partial charge in [-0.25, -0.2) is 4.79 Å². The molecule has 1 saturated carbocycles. The van der Waals surface area contributed by atoms with Gasteiger partial charge in [-0.2, -0.15) is 0 Å². The minimum atomic E-state index is -1.15. The van der Waals surface area contributed by atoms with Crippen LogP contribution in [0.3, 0.4) is 0 Å². The van der Waals surface area contributed by atoms with Crippen LogP contribution >= 0.6 is 0 Å². The number of carbonyl (C=O) groups is 3. The normalized spacial score (nSPS) is 16.6. The molecule has 1 fully saturated rings. The number of nitrogens with zero attached hydrogens (tertiary/aromatic N) is 1. The fourth-order valence-electron chi connectivity index (χ4n) is 2.93. The Kier molecular flexibility index (Phi) is 7.19. The number of amides is 1. The molecule has 0 aliphatic heterocycles. The molecule has 120 valence electrons. The van der Waals surface area contributed by atoms with Crippen molar-refractivity contribution in [3.05, 3.63) is 0 Å². The Morgan fingerprint density at radius 1 is 1.14 bits per heavy atom. The lowest BCUT2D eigenvalue weighted by atomic mass is 10.00. The molecule has 1 amide bonds. The Labute approximate surface area is 125 Å². The van der Waals surface area contributed by atoms with Gasteiger partial charge in [-0.15, -0.1) is 0 Å². The molecule has 0 spiro atoms. The third-order valence-electron chi connectivity index (χ3n) is 4.26. The maximum Gasteiger partial charge on any atom is 0.326 e. The van der Waals surface area contributed by atoms with Crippen LogP contribution in [0, 0.1) is 5.92 Å². The van der Waals surface area contributed by atoms with Gasteiger partial charge in [0.2, 0.25) is 5.91 Å². The zero-order chi connectivity index (χ0) is 15.8. The van der Waals surface area contributed by atoms with Crippen molar-refractivity contribution in [2.45, 2.75) is 63.8 Å². The molecule has 1 unspecified atom stereocenters. The predicted molar refractivity (Wildman–Crippen MR) is 76.9 cm³/mol. The van der Waals surface area contributed by atoms with Gasteiger partial charge in [0.1, 0.15) is 6.04 Å². The minimum absolute atomic E-state index is 0.0600. The molecule has 0 aromatic heterocycles. The summed E-state index contributed by atoms with van der Waals surface area (Å²) in [5.74, 6) is -1.71. The Hall–Kier alpha value is -1.59. The average molecular weight is 299 g/mol. The van der Waals surface area contributed by atoms with Crippen LogP contribution in [0.25, 0.3) is 0 Å². The highest BCUT2D eigenvalue weighted by molar-refractivity contribution is 5.83. The molecule has 1 aliphatic rings. The first-order valence-corrected chi connectivity index (χ1v) is 7.62. The van der Waals surface area contributed by atoms with E-state index < -0.39 is 18.0 Å². The van der Waals surface area contributed by atoms with Gasteiger partial charge in [0.15, 0.2) is 0 Å². The third kappa shape index (κ3) is 6.14. The number of carboxylic acids is 2. The standard InChI is InChI=1S/C15H25NO5/c1-16(12(15(20)21)9-10-14(18)19)13(17)8-4-7-11-5-2-3-6-11/h11-12H,2-10H2,1H3,(H,18,19)(H,20,21). The summed E-state index contributed by atoms with van der Waals surface area (Å²) < 4.78 is 0. The Balaban J connectivity index is 2.37. The highest BCUT2D eigenvalue weighted by atomic mass is 16.4. The Bertz CT molecular complexity index is 376. The molecule has 0 bridgehead atoms. The smallest absolute Gasteiger partial charge is 0.326 e. The largest absolute Gasteiger partial charge is 0.481 e. The first-order chi connectivity index (χ1) is 9.91. The van der Waals surface area contributed by atoms with Gasteiger partial charge < -0.3 is 15.1 Å². The van der Waals surface area contributed by atoms with Crippen molar-refractivity contribution < 1.29 is 24.6 Å². The number of carboxylic acid groups (broad SMARTS) is 2. The molecule has 6 nitrogen and oxygen atoms in total. The molecular formula is C15H25NO5. The van der Waals surface area contributed by atoms with E-state index in [1.807, 2.05) is 0 Å². The zero-order valence-corrected chi connectivity index (χ0v) is 12.6. The predicted octanol–water partition coefficient (Wildman–Crippen LogP) is 2.12. The van der Waals surface area contributed by atoms with E-state index in [1.54, 1.807) is 0 Å². The number of hydrogen-bond acceptors (Lipinski definition) is 3. The summed E-state index contributed by atoms with van der Waals surface area (Å²) >= 11 is 0. The van der Waals surface area contributed by atoms with Gasteiger partial charge in [-0.1, -0.05) is 25.7 Å². The lowest BCUT2D eigenvalue weighted by Crippen LogP contribution is -2.42. The summed E-state index contributed by atoms with van der Waals surface area (Å²) in [6.07, 6.45) is 6.84. The van der Waals surface area contributed by atoms with Crippen LogP contribution in [0.4, 0.5) is 0 Å². The summed E-state index contributed by atoms with van der Waals surface area (Å²) in [5.41, 5.74) is 0. The molecule has 0 saturated heterocycles.